The third-order valence-electron chi connectivity index (χ3n) is 3.95. The summed E-state index contributed by atoms with van der Waals surface area (Å²) >= 11 is 0. The van der Waals surface area contributed by atoms with Gasteiger partial charge in [-0.1, -0.05) is 0 Å². The van der Waals surface area contributed by atoms with Crippen LogP contribution in [0.2, 0.25) is 0 Å². The number of hydrogen-bond donors (Lipinski definition) is 1. The van der Waals surface area contributed by atoms with Gasteiger partial charge in [0.05, 0.1) is 7.11 Å². The van der Waals surface area contributed by atoms with Crippen molar-refractivity contribution in [3.8, 4) is 5.75 Å². The first-order chi connectivity index (χ1) is 10.1. The lowest BCUT2D eigenvalue weighted by Crippen LogP contribution is -2.30. The van der Waals surface area contributed by atoms with Gasteiger partial charge < -0.3 is 15.4 Å². The van der Waals surface area contributed by atoms with E-state index in [2.05, 4.69) is 0 Å². The minimum Gasteiger partial charge on any atom is -0.497 e. The van der Waals surface area contributed by atoms with Gasteiger partial charge in [0.15, 0.2) is 5.78 Å². The normalized spacial score (nSPS) is 17.8. The molecule has 2 rings (SSSR count). The van der Waals surface area contributed by atoms with Crippen LogP contribution >= 0.6 is 0 Å². The predicted octanol–water partition coefficient (Wildman–Crippen LogP) is 1.47. The molecule has 0 saturated carbocycles. The Hall–Kier alpha value is -1.88. The summed E-state index contributed by atoms with van der Waals surface area (Å²) in [6, 6.07) is 6.96. The molecule has 1 aliphatic heterocycles. The number of carbonyl (C=O) groups excluding carboxylic acids is 2. The first-order valence-corrected chi connectivity index (χ1v) is 7.29. The van der Waals surface area contributed by atoms with E-state index in [9.17, 15) is 9.59 Å². The average molecular weight is 290 g/mol. The number of hydrogen-bond acceptors (Lipinski definition) is 4. The minimum absolute atomic E-state index is 0.0134. The lowest BCUT2D eigenvalue weighted by molar-refractivity contribution is -0.130. The molecule has 21 heavy (non-hydrogen) atoms. The highest BCUT2D eigenvalue weighted by molar-refractivity contribution is 5.98. The van der Waals surface area contributed by atoms with Gasteiger partial charge in [-0.15, -0.1) is 0 Å². The van der Waals surface area contributed by atoms with Gasteiger partial charge in [-0.25, -0.2) is 0 Å². The third-order valence-corrected chi connectivity index (χ3v) is 3.95. The maximum atomic E-state index is 12.1. The second-order valence-corrected chi connectivity index (χ2v) is 5.38. The number of rotatable bonds is 6. The van der Waals surface area contributed by atoms with Gasteiger partial charge in [-0.2, -0.15) is 0 Å². The average Bonchev–Trinajstić information content (AvgIpc) is 3.01. The Balaban J connectivity index is 1.81. The highest BCUT2D eigenvalue weighted by Gasteiger charge is 2.25. The van der Waals surface area contributed by atoms with Gasteiger partial charge in [0, 0.05) is 31.5 Å². The molecule has 1 amide bonds. The van der Waals surface area contributed by atoms with Gasteiger partial charge in [-0.05, 0) is 43.1 Å². The zero-order chi connectivity index (χ0) is 15.2. The van der Waals surface area contributed by atoms with Crippen LogP contribution in [-0.4, -0.2) is 43.3 Å². The van der Waals surface area contributed by atoms with Crippen LogP contribution in [-0.2, 0) is 4.79 Å². The fourth-order valence-corrected chi connectivity index (χ4v) is 2.55. The molecule has 1 aromatic carbocycles. The number of methoxy groups -OCH3 is 1. The molecule has 0 spiro atoms. The van der Waals surface area contributed by atoms with Crippen molar-refractivity contribution in [3.05, 3.63) is 29.8 Å². The second kappa shape index (κ2) is 7.22. The Kier molecular flexibility index (Phi) is 5.33. The van der Waals surface area contributed by atoms with E-state index < -0.39 is 0 Å². The van der Waals surface area contributed by atoms with E-state index in [0.717, 1.165) is 19.5 Å². The van der Waals surface area contributed by atoms with Crippen LogP contribution in [0, 0.1) is 5.92 Å². The molecule has 1 fully saturated rings. The lowest BCUT2D eigenvalue weighted by atomic mass is 10.1. The van der Waals surface area contributed by atoms with Crippen molar-refractivity contribution >= 4 is 11.7 Å². The van der Waals surface area contributed by atoms with E-state index >= 15 is 0 Å². The Bertz CT molecular complexity index is 499. The summed E-state index contributed by atoms with van der Waals surface area (Å²) < 4.78 is 5.05. The topological polar surface area (TPSA) is 72.6 Å². The van der Waals surface area contributed by atoms with E-state index in [4.69, 9.17) is 10.5 Å². The molecule has 1 atom stereocenters. The summed E-state index contributed by atoms with van der Waals surface area (Å²) in [6.45, 7) is 2.11. The molecule has 1 unspecified atom stereocenters. The monoisotopic (exact) mass is 290 g/mol. The molecule has 0 aromatic heterocycles. The summed E-state index contributed by atoms with van der Waals surface area (Å²) in [7, 11) is 1.58. The number of Topliss-reactive ketones (excluding diaryl/α,β-unsaturated/α-hetero) is 1. The van der Waals surface area contributed by atoms with Crippen molar-refractivity contribution in [1.82, 2.24) is 4.90 Å². The van der Waals surface area contributed by atoms with Crippen molar-refractivity contribution in [2.45, 2.75) is 19.3 Å². The van der Waals surface area contributed by atoms with Gasteiger partial charge in [0.1, 0.15) is 5.75 Å². The fourth-order valence-electron chi connectivity index (χ4n) is 2.55. The van der Waals surface area contributed by atoms with Crippen LogP contribution in [0.25, 0.3) is 0 Å². The van der Waals surface area contributed by atoms with Crippen LogP contribution in [0.1, 0.15) is 29.6 Å². The number of nitrogens with zero attached hydrogens (tertiary/aromatic N) is 1. The maximum Gasteiger partial charge on any atom is 0.223 e. The van der Waals surface area contributed by atoms with Gasteiger partial charge in [0.2, 0.25) is 5.91 Å². The van der Waals surface area contributed by atoms with Crippen molar-refractivity contribution in [1.29, 1.82) is 0 Å². The standard InChI is InChI=1S/C16H22N2O3/c1-21-14-4-2-13(3-5-14)15(19)6-7-16(20)18-9-8-12(10-17)11-18/h2-5,12H,6-11,17H2,1H3. The van der Waals surface area contributed by atoms with Gasteiger partial charge in [-0.3, -0.25) is 9.59 Å². The Morgan fingerprint density at radius 1 is 1.29 bits per heavy atom. The number of benzene rings is 1. The lowest BCUT2D eigenvalue weighted by Gasteiger charge is -2.15. The largest absolute Gasteiger partial charge is 0.497 e. The highest BCUT2D eigenvalue weighted by Crippen LogP contribution is 2.17. The summed E-state index contributed by atoms with van der Waals surface area (Å²) in [5.74, 6) is 1.16. The SMILES string of the molecule is COc1ccc(C(=O)CCC(=O)N2CCC(CN)C2)cc1. The molecule has 0 bridgehead atoms. The zero-order valence-corrected chi connectivity index (χ0v) is 12.4. The van der Waals surface area contributed by atoms with Crippen LogP contribution in [0.15, 0.2) is 24.3 Å². The number of ketones is 1. The first-order valence-electron chi connectivity index (χ1n) is 7.29. The highest BCUT2D eigenvalue weighted by atomic mass is 16.5. The number of likely N-dealkylation sites (tertiary alicyclic amines) is 1. The Labute approximate surface area is 125 Å². The number of amides is 1. The molecule has 114 valence electrons. The van der Waals surface area contributed by atoms with Crippen LogP contribution < -0.4 is 10.5 Å². The fraction of sp³-hybridized carbons (Fsp3) is 0.500. The molecule has 0 aliphatic carbocycles. The van der Waals surface area contributed by atoms with Gasteiger partial charge >= 0.3 is 0 Å². The van der Waals surface area contributed by atoms with Crippen molar-refractivity contribution < 1.29 is 14.3 Å². The molecular weight excluding hydrogens is 268 g/mol. The van der Waals surface area contributed by atoms with Crippen molar-refractivity contribution in [2.75, 3.05) is 26.7 Å². The third kappa shape index (κ3) is 4.04. The van der Waals surface area contributed by atoms with E-state index in [1.54, 1.807) is 31.4 Å². The molecule has 1 heterocycles. The van der Waals surface area contributed by atoms with Crippen LogP contribution in [0.3, 0.4) is 0 Å². The summed E-state index contributed by atoms with van der Waals surface area (Å²) in [5.41, 5.74) is 6.23. The second-order valence-electron chi connectivity index (χ2n) is 5.38. The van der Waals surface area contributed by atoms with Crippen molar-refractivity contribution in [3.63, 3.8) is 0 Å². The van der Waals surface area contributed by atoms with E-state index in [0.29, 0.717) is 23.8 Å². The van der Waals surface area contributed by atoms with Crippen LogP contribution in [0.4, 0.5) is 0 Å². The molecule has 1 aliphatic rings. The Morgan fingerprint density at radius 2 is 2.00 bits per heavy atom. The summed E-state index contributed by atoms with van der Waals surface area (Å²) in [6.07, 6.45) is 1.48. The van der Waals surface area contributed by atoms with Gasteiger partial charge in [0.25, 0.3) is 0 Å². The summed E-state index contributed by atoms with van der Waals surface area (Å²) in [5, 5.41) is 0. The maximum absolute atomic E-state index is 12.1. The van der Waals surface area contributed by atoms with Crippen LogP contribution in [0.5, 0.6) is 5.75 Å². The van der Waals surface area contributed by atoms with E-state index in [1.807, 2.05) is 4.90 Å². The molecule has 0 radical (unpaired) electrons. The predicted molar refractivity (Wildman–Crippen MR) is 80.3 cm³/mol. The quantitative estimate of drug-likeness (QED) is 0.805. The smallest absolute Gasteiger partial charge is 0.223 e. The molecule has 2 N–H and O–H groups in total. The number of nitrogens with two attached hydrogens (primary N) is 1. The molecule has 5 nitrogen and oxygen atoms in total. The zero-order valence-electron chi connectivity index (χ0n) is 12.4. The first kappa shape index (κ1) is 15.5. The van der Waals surface area contributed by atoms with Crippen molar-refractivity contribution in [2.24, 2.45) is 11.7 Å². The molecule has 1 aromatic rings. The van der Waals surface area contributed by atoms with E-state index in [-0.39, 0.29) is 24.5 Å². The molecule has 1 saturated heterocycles. The minimum atomic E-state index is -0.0134. The molecule has 5 heteroatoms. The Morgan fingerprint density at radius 3 is 2.57 bits per heavy atom. The number of carbonyl (C=O) groups is 2. The number of ether oxygens (including phenoxy) is 1. The molecular formula is C16H22N2O3. The summed E-state index contributed by atoms with van der Waals surface area (Å²) in [4.78, 5) is 25.9. The van der Waals surface area contributed by atoms with E-state index in [1.165, 1.54) is 0 Å².